The number of thiazole rings is 1. The van der Waals surface area contributed by atoms with Crippen molar-refractivity contribution in [2.75, 3.05) is 5.75 Å². The van der Waals surface area contributed by atoms with Crippen molar-refractivity contribution < 1.29 is 0 Å². The fraction of sp³-hybridized carbons (Fsp3) is 0.308. The van der Waals surface area contributed by atoms with Gasteiger partial charge >= 0.3 is 0 Å². The summed E-state index contributed by atoms with van der Waals surface area (Å²) in [5.74, 6) is 1.03. The molecule has 0 aliphatic rings. The number of unbranched alkanes of at least 4 members (excludes halogenated alkanes) is 1. The number of thioether (sulfide) groups is 1. The van der Waals surface area contributed by atoms with Crippen LogP contribution < -0.4 is 0 Å². The lowest BCUT2D eigenvalue weighted by molar-refractivity contribution is 0.957. The summed E-state index contributed by atoms with van der Waals surface area (Å²) in [6.45, 7) is 2.20. The number of rotatable bonds is 5. The Morgan fingerprint density at radius 3 is 3.00 bits per heavy atom. The largest absolute Gasteiger partial charge is 0.230 e. The standard InChI is InChI=1S/C13H15NS2/c1-2-3-4-7-10-15-13-14-11-8-5-6-9-12(11)16-13/h4-9H,2-3,10H2,1H3/b7-4+. The van der Waals surface area contributed by atoms with Gasteiger partial charge in [0.2, 0.25) is 0 Å². The lowest BCUT2D eigenvalue weighted by Gasteiger charge is -1.89. The number of fused-ring (bicyclic) bond motifs is 1. The minimum atomic E-state index is 1.03. The van der Waals surface area contributed by atoms with Gasteiger partial charge in [-0.1, -0.05) is 49.4 Å². The normalized spacial score (nSPS) is 11.6. The van der Waals surface area contributed by atoms with Gasteiger partial charge < -0.3 is 0 Å². The van der Waals surface area contributed by atoms with Gasteiger partial charge in [0, 0.05) is 5.75 Å². The molecule has 16 heavy (non-hydrogen) atoms. The zero-order valence-electron chi connectivity index (χ0n) is 9.35. The molecule has 2 rings (SSSR count). The van der Waals surface area contributed by atoms with E-state index in [-0.39, 0.29) is 0 Å². The summed E-state index contributed by atoms with van der Waals surface area (Å²) in [5.41, 5.74) is 1.12. The molecule has 1 aromatic heterocycles. The van der Waals surface area contributed by atoms with Crippen molar-refractivity contribution >= 4 is 33.3 Å². The molecule has 0 bridgehead atoms. The van der Waals surface area contributed by atoms with Gasteiger partial charge in [-0.15, -0.1) is 11.3 Å². The molecular weight excluding hydrogens is 234 g/mol. The molecule has 0 radical (unpaired) electrons. The molecule has 0 unspecified atom stereocenters. The van der Waals surface area contributed by atoms with Crippen molar-refractivity contribution in [3.63, 3.8) is 0 Å². The summed E-state index contributed by atoms with van der Waals surface area (Å²) in [5, 5.41) is 0. The van der Waals surface area contributed by atoms with Gasteiger partial charge in [0.1, 0.15) is 0 Å². The first-order chi connectivity index (χ1) is 7.90. The van der Waals surface area contributed by atoms with E-state index in [0.717, 1.165) is 11.3 Å². The summed E-state index contributed by atoms with van der Waals surface area (Å²) >= 11 is 3.60. The van der Waals surface area contributed by atoms with Crippen LogP contribution in [0.25, 0.3) is 10.2 Å². The third-order valence-electron chi connectivity index (χ3n) is 2.20. The predicted octanol–water partition coefficient (Wildman–Crippen LogP) is 4.74. The second-order valence-electron chi connectivity index (χ2n) is 3.52. The zero-order valence-corrected chi connectivity index (χ0v) is 11.0. The summed E-state index contributed by atoms with van der Waals surface area (Å²) in [6.07, 6.45) is 6.89. The molecule has 1 heterocycles. The first kappa shape index (κ1) is 11.7. The fourth-order valence-electron chi connectivity index (χ4n) is 1.38. The SMILES string of the molecule is CCC/C=C/CSc1nc2ccccc2s1. The van der Waals surface area contributed by atoms with Gasteiger partial charge in [-0.25, -0.2) is 4.98 Å². The topological polar surface area (TPSA) is 12.9 Å². The van der Waals surface area contributed by atoms with Crippen molar-refractivity contribution in [1.82, 2.24) is 4.98 Å². The molecule has 2 aromatic rings. The van der Waals surface area contributed by atoms with Crippen LogP contribution in [0.3, 0.4) is 0 Å². The Morgan fingerprint density at radius 2 is 2.19 bits per heavy atom. The molecule has 0 saturated carbocycles. The summed E-state index contributed by atoms with van der Waals surface area (Å²) in [4.78, 5) is 4.58. The Kier molecular flexibility index (Phi) is 4.43. The minimum Gasteiger partial charge on any atom is -0.230 e. The van der Waals surface area contributed by atoms with E-state index in [2.05, 4.69) is 42.3 Å². The van der Waals surface area contributed by atoms with Crippen molar-refractivity contribution in [1.29, 1.82) is 0 Å². The summed E-state index contributed by atoms with van der Waals surface area (Å²) in [6, 6.07) is 8.31. The van der Waals surface area contributed by atoms with Crippen LogP contribution in [0.2, 0.25) is 0 Å². The quantitative estimate of drug-likeness (QED) is 0.560. The molecule has 0 N–H and O–H groups in total. The van der Waals surface area contributed by atoms with Gasteiger partial charge in [-0.2, -0.15) is 0 Å². The highest BCUT2D eigenvalue weighted by Gasteiger charge is 2.01. The third kappa shape index (κ3) is 3.09. The predicted molar refractivity (Wildman–Crippen MR) is 74.4 cm³/mol. The molecule has 0 saturated heterocycles. The molecule has 0 aliphatic carbocycles. The number of hydrogen-bond acceptors (Lipinski definition) is 3. The Bertz CT molecular complexity index is 440. The van der Waals surface area contributed by atoms with Gasteiger partial charge in [0.25, 0.3) is 0 Å². The van der Waals surface area contributed by atoms with Crippen LogP contribution in [0.4, 0.5) is 0 Å². The Hall–Kier alpha value is -0.800. The zero-order chi connectivity index (χ0) is 11.2. The maximum absolute atomic E-state index is 4.58. The highest BCUT2D eigenvalue weighted by molar-refractivity contribution is 8.01. The van der Waals surface area contributed by atoms with E-state index in [1.165, 1.54) is 21.9 Å². The van der Waals surface area contributed by atoms with Crippen molar-refractivity contribution in [2.45, 2.75) is 24.1 Å². The van der Waals surface area contributed by atoms with Crippen LogP contribution in [0.1, 0.15) is 19.8 Å². The van der Waals surface area contributed by atoms with Crippen LogP contribution >= 0.6 is 23.1 Å². The second kappa shape index (κ2) is 6.06. The van der Waals surface area contributed by atoms with E-state index in [0.29, 0.717) is 0 Å². The molecule has 1 nitrogen and oxygen atoms in total. The smallest absolute Gasteiger partial charge is 0.151 e. The maximum atomic E-state index is 4.58. The highest BCUT2D eigenvalue weighted by atomic mass is 32.2. The molecule has 0 spiro atoms. The Labute approximate surface area is 105 Å². The Balaban J connectivity index is 1.94. The molecular formula is C13H15NS2. The molecule has 0 amide bonds. The van der Waals surface area contributed by atoms with E-state index in [4.69, 9.17) is 0 Å². The van der Waals surface area contributed by atoms with E-state index in [9.17, 15) is 0 Å². The molecule has 1 aromatic carbocycles. The molecule has 3 heteroatoms. The van der Waals surface area contributed by atoms with Crippen molar-refractivity contribution in [3.8, 4) is 0 Å². The van der Waals surface area contributed by atoms with Crippen molar-refractivity contribution in [3.05, 3.63) is 36.4 Å². The number of para-hydroxylation sites is 1. The van der Waals surface area contributed by atoms with E-state index >= 15 is 0 Å². The molecule has 0 fully saturated rings. The number of aromatic nitrogens is 1. The van der Waals surface area contributed by atoms with E-state index in [1.807, 2.05) is 17.8 Å². The van der Waals surface area contributed by atoms with Gasteiger partial charge in [0.05, 0.1) is 10.2 Å². The first-order valence-corrected chi connectivity index (χ1v) is 7.33. The number of allylic oxidation sites excluding steroid dienone is 1. The van der Waals surface area contributed by atoms with Crippen LogP contribution in [0.15, 0.2) is 40.8 Å². The number of nitrogens with zero attached hydrogens (tertiary/aromatic N) is 1. The van der Waals surface area contributed by atoms with Crippen LogP contribution in [-0.4, -0.2) is 10.7 Å². The van der Waals surface area contributed by atoms with E-state index in [1.54, 1.807) is 11.3 Å². The summed E-state index contributed by atoms with van der Waals surface area (Å²) in [7, 11) is 0. The van der Waals surface area contributed by atoms with Gasteiger partial charge in [-0.3, -0.25) is 0 Å². The van der Waals surface area contributed by atoms with Gasteiger partial charge in [0.15, 0.2) is 4.34 Å². The van der Waals surface area contributed by atoms with Crippen LogP contribution in [-0.2, 0) is 0 Å². The highest BCUT2D eigenvalue weighted by Crippen LogP contribution is 2.29. The molecule has 0 atom stereocenters. The number of hydrogen-bond donors (Lipinski definition) is 0. The maximum Gasteiger partial charge on any atom is 0.151 e. The monoisotopic (exact) mass is 249 g/mol. The van der Waals surface area contributed by atoms with Crippen LogP contribution in [0, 0.1) is 0 Å². The Morgan fingerprint density at radius 1 is 1.31 bits per heavy atom. The first-order valence-electron chi connectivity index (χ1n) is 5.53. The van der Waals surface area contributed by atoms with Crippen molar-refractivity contribution in [2.24, 2.45) is 0 Å². The summed E-state index contributed by atoms with van der Waals surface area (Å²) < 4.78 is 2.45. The molecule has 84 valence electrons. The van der Waals surface area contributed by atoms with E-state index < -0.39 is 0 Å². The minimum absolute atomic E-state index is 1.03. The lowest BCUT2D eigenvalue weighted by atomic mass is 10.3. The average Bonchev–Trinajstić information content (AvgIpc) is 2.71. The second-order valence-corrected chi connectivity index (χ2v) is 5.82. The lowest BCUT2D eigenvalue weighted by Crippen LogP contribution is -1.72. The molecule has 0 aliphatic heterocycles. The average molecular weight is 249 g/mol. The third-order valence-corrected chi connectivity index (χ3v) is 4.33. The van der Waals surface area contributed by atoms with Gasteiger partial charge in [-0.05, 0) is 18.6 Å². The number of benzene rings is 1. The fourth-order valence-corrected chi connectivity index (χ4v) is 3.33. The van der Waals surface area contributed by atoms with Crippen LogP contribution in [0.5, 0.6) is 0 Å².